The van der Waals surface area contributed by atoms with Gasteiger partial charge in [-0.1, -0.05) is 28.1 Å². The highest BCUT2D eigenvalue weighted by molar-refractivity contribution is 9.10. The van der Waals surface area contributed by atoms with E-state index in [2.05, 4.69) is 31.4 Å². The van der Waals surface area contributed by atoms with Crippen molar-refractivity contribution in [3.63, 3.8) is 0 Å². The lowest BCUT2D eigenvalue weighted by Gasteiger charge is -2.36. The van der Waals surface area contributed by atoms with Gasteiger partial charge in [0.2, 0.25) is 11.8 Å². The summed E-state index contributed by atoms with van der Waals surface area (Å²) in [6.07, 6.45) is 4.47. The molecule has 39 heavy (non-hydrogen) atoms. The maximum absolute atomic E-state index is 14.1. The van der Waals surface area contributed by atoms with Crippen molar-refractivity contribution in [2.45, 2.75) is 64.5 Å². The van der Waals surface area contributed by atoms with Crippen molar-refractivity contribution in [1.29, 1.82) is 0 Å². The van der Waals surface area contributed by atoms with Crippen molar-refractivity contribution >= 4 is 50.4 Å². The first-order valence-corrected chi connectivity index (χ1v) is 14.1. The summed E-state index contributed by atoms with van der Waals surface area (Å²) in [5.41, 5.74) is 7.66. The fourth-order valence-electron chi connectivity index (χ4n) is 5.05. The van der Waals surface area contributed by atoms with Gasteiger partial charge in [0, 0.05) is 34.4 Å². The van der Waals surface area contributed by atoms with E-state index in [1.807, 2.05) is 63.2 Å². The minimum atomic E-state index is -0.856. The molecule has 1 fully saturated rings. The molecule has 1 atom stereocenters. The van der Waals surface area contributed by atoms with Crippen molar-refractivity contribution in [3.8, 4) is 0 Å². The van der Waals surface area contributed by atoms with Crippen molar-refractivity contribution in [3.05, 3.63) is 58.7 Å². The molecular formula is C29H36BrN5O4. The van der Waals surface area contributed by atoms with E-state index in [0.29, 0.717) is 31.5 Å². The van der Waals surface area contributed by atoms with Crippen LogP contribution < -0.4 is 16.0 Å². The zero-order chi connectivity index (χ0) is 28.2. The highest BCUT2D eigenvalue weighted by Crippen LogP contribution is 2.33. The van der Waals surface area contributed by atoms with Crippen LogP contribution in [-0.4, -0.2) is 46.3 Å². The molecule has 0 bridgehead atoms. The second-order valence-electron chi connectivity index (χ2n) is 11.2. The molecule has 1 heterocycles. The molecular weight excluding hydrogens is 562 g/mol. The van der Waals surface area contributed by atoms with Crippen LogP contribution in [0.4, 0.5) is 10.5 Å². The van der Waals surface area contributed by atoms with E-state index < -0.39 is 23.6 Å². The Morgan fingerprint density at radius 1 is 1.13 bits per heavy atom. The number of nitrogens with zero attached hydrogens (tertiary/aromatic N) is 2. The van der Waals surface area contributed by atoms with Crippen molar-refractivity contribution < 1.29 is 19.1 Å². The number of H-pyrrole nitrogens is 1. The molecule has 0 unspecified atom stereocenters. The summed E-state index contributed by atoms with van der Waals surface area (Å²) >= 11 is 3.44. The number of amides is 3. The summed E-state index contributed by atoms with van der Waals surface area (Å²) in [5, 5.41) is 10.8. The third-order valence-corrected chi connectivity index (χ3v) is 7.58. The van der Waals surface area contributed by atoms with Crippen LogP contribution >= 0.6 is 15.9 Å². The SMILES string of the molecule is CC(C)(C)OC(=O)NCC1CCC(C(=O)N(c2ccc3cn[nH]c3c2)[C@@H](Cc2ccc(Br)cc2)C(N)=O)CC1. The third-order valence-electron chi connectivity index (χ3n) is 7.05. The Labute approximate surface area is 237 Å². The lowest BCUT2D eigenvalue weighted by Crippen LogP contribution is -2.52. The predicted molar refractivity (Wildman–Crippen MR) is 154 cm³/mol. The number of halogens is 1. The van der Waals surface area contributed by atoms with Crippen LogP contribution in [0.15, 0.2) is 53.1 Å². The summed E-state index contributed by atoms with van der Waals surface area (Å²) in [7, 11) is 0. The van der Waals surface area contributed by atoms with Crippen molar-refractivity contribution in [2.75, 3.05) is 11.4 Å². The Kier molecular flexibility index (Phi) is 8.94. The third kappa shape index (κ3) is 7.59. The number of carbonyl (C=O) groups excluding carboxylic acids is 3. The van der Waals surface area contributed by atoms with Crippen molar-refractivity contribution in [1.82, 2.24) is 15.5 Å². The number of rotatable bonds is 8. The number of aromatic nitrogens is 2. The minimum absolute atomic E-state index is 0.117. The van der Waals surface area contributed by atoms with Gasteiger partial charge in [-0.25, -0.2) is 4.79 Å². The van der Waals surface area contributed by atoms with Gasteiger partial charge in [-0.15, -0.1) is 0 Å². The molecule has 3 amide bonds. The normalized spacial score (nSPS) is 18.4. The fraction of sp³-hybridized carbons (Fsp3) is 0.448. The number of nitrogens with one attached hydrogen (secondary N) is 2. The van der Waals surface area contributed by atoms with Gasteiger partial charge in [0.25, 0.3) is 0 Å². The Morgan fingerprint density at radius 2 is 1.82 bits per heavy atom. The number of benzene rings is 2. The Bertz CT molecular complexity index is 1310. The summed E-state index contributed by atoms with van der Waals surface area (Å²) in [6, 6.07) is 12.4. The average molecular weight is 599 g/mol. The average Bonchev–Trinajstić information content (AvgIpc) is 3.35. The highest BCUT2D eigenvalue weighted by atomic mass is 79.9. The molecule has 4 N–H and O–H groups in total. The second-order valence-corrected chi connectivity index (χ2v) is 12.1. The molecule has 0 radical (unpaired) electrons. The number of alkyl carbamates (subject to hydrolysis) is 1. The molecule has 0 saturated heterocycles. The van der Waals surface area contributed by atoms with Crippen molar-refractivity contribution in [2.24, 2.45) is 17.6 Å². The topological polar surface area (TPSA) is 130 Å². The van der Waals surface area contributed by atoms with Crippen LogP contribution in [0.3, 0.4) is 0 Å². The Morgan fingerprint density at radius 3 is 2.46 bits per heavy atom. The first kappa shape index (κ1) is 28.6. The molecule has 4 rings (SSSR count). The molecule has 0 spiro atoms. The van der Waals surface area contributed by atoms with Crippen LogP contribution in [0.5, 0.6) is 0 Å². The quantitative estimate of drug-likeness (QED) is 0.333. The Hall–Kier alpha value is -3.40. The van der Waals surface area contributed by atoms with E-state index in [-0.39, 0.29) is 17.7 Å². The first-order valence-electron chi connectivity index (χ1n) is 13.3. The molecule has 10 heteroatoms. The number of hydrogen-bond donors (Lipinski definition) is 3. The van der Waals surface area contributed by atoms with Gasteiger partial charge in [0.05, 0.1) is 11.7 Å². The van der Waals surface area contributed by atoms with Crippen LogP contribution in [0.2, 0.25) is 0 Å². The maximum Gasteiger partial charge on any atom is 0.407 e. The van der Waals surface area contributed by atoms with Gasteiger partial charge >= 0.3 is 6.09 Å². The number of nitrogens with two attached hydrogens (primary N) is 1. The molecule has 1 saturated carbocycles. The summed E-state index contributed by atoms with van der Waals surface area (Å²) in [4.78, 5) is 40.6. The lowest BCUT2D eigenvalue weighted by molar-refractivity contribution is -0.127. The standard InChI is InChI=1S/C29H36BrN5O4/c1-29(2,3)39-28(38)32-16-19-4-8-20(9-5-19)27(37)35(23-13-10-21-17-33-34-24(21)15-23)25(26(31)36)14-18-6-11-22(30)12-7-18/h6-7,10-13,15,17,19-20,25H,4-5,8-9,14,16H2,1-3H3,(H2,31,36)(H,32,38)(H,33,34)/t19?,20?,25-/m0/s1. The lowest BCUT2D eigenvalue weighted by atomic mass is 9.81. The van der Waals surface area contributed by atoms with Crippen LogP contribution in [-0.2, 0) is 20.7 Å². The molecule has 1 aliphatic carbocycles. The van der Waals surface area contributed by atoms with Gasteiger partial charge in [0.15, 0.2) is 0 Å². The van der Waals surface area contributed by atoms with E-state index in [0.717, 1.165) is 33.8 Å². The number of carbonyl (C=O) groups is 3. The number of fused-ring (bicyclic) bond motifs is 1. The summed E-state index contributed by atoms with van der Waals surface area (Å²) < 4.78 is 6.26. The van der Waals surface area contributed by atoms with E-state index in [9.17, 15) is 14.4 Å². The molecule has 9 nitrogen and oxygen atoms in total. The highest BCUT2D eigenvalue weighted by Gasteiger charge is 2.36. The zero-order valence-corrected chi connectivity index (χ0v) is 24.2. The minimum Gasteiger partial charge on any atom is -0.444 e. The maximum atomic E-state index is 14.1. The van der Waals surface area contributed by atoms with Crippen LogP contribution in [0, 0.1) is 11.8 Å². The molecule has 2 aromatic carbocycles. The van der Waals surface area contributed by atoms with Gasteiger partial charge in [0.1, 0.15) is 11.6 Å². The molecule has 1 aromatic heterocycles. The van der Waals surface area contributed by atoms with Crippen LogP contribution in [0.1, 0.15) is 52.0 Å². The van der Waals surface area contributed by atoms with Crippen LogP contribution in [0.25, 0.3) is 10.9 Å². The van der Waals surface area contributed by atoms with E-state index in [1.54, 1.807) is 11.1 Å². The number of aromatic amines is 1. The largest absolute Gasteiger partial charge is 0.444 e. The van der Waals surface area contributed by atoms with Gasteiger partial charge in [-0.2, -0.15) is 5.10 Å². The number of ether oxygens (including phenoxy) is 1. The number of anilines is 1. The molecule has 208 valence electrons. The predicted octanol–water partition coefficient (Wildman–Crippen LogP) is 5.09. The monoisotopic (exact) mass is 597 g/mol. The molecule has 0 aliphatic heterocycles. The summed E-state index contributed by atoms with van der Waals surface area (Å²) in [5.74, 6) is -0.683. The second kappa shape index (κ2) is 12.2. The first-order chi connectivity index (χ1) is 18.5. The van der Waals surface area contributed by atoms with E-state index >= 15 is 0 Å². The molecule has 1 aliphatic rings. The van der Waals surface area contributed by atoms with E-state index in [4.69, 9.17) is 10.5 Å². The number of primary amides is 1. The number of hydrogen-bond acceptors (Lipinski definition) is 5. The fourth-order valence-corrected chi connectivity index (χ4v) is 5.31. The molecule has 3 aromatic rings. The smallest absolute Gasteiger partial charge is 0.407 e. The van der Waals surface area contributed by atoms with Gasteiger partial charge in [-0.3, -0.25) is 19.6 Å². The van der Waals surface area contributed by atoms with Gasteiger partial charge in [-0.05, 0) is 88.3 Å². The Balaban J connectivity index is 1.51. The van der Waals surface area contributed by atoms with Gasteiger partial charge < -0.3 is 15.8 Å². The summed E-state index contributed by atoms with van der Waals surface area (Å²) in [6.45, 7) is 5.99. The van der Waals surface area contributed by atoms with E-state index in [1.165, 1.54) is 0 Å². The zero-order valence-electron chi connectivity index (χ0n) is 22.6.